The topological polar surface area (TPSA) is 79.5 Å². The van der Waals surface area contributed by atoms with Crippen LogP contribution in [0.2, 0.25) is 0 Å². The molecule has 0 spiro atoms. The van der Waals surface area contributed by atoms with Crippen LogP contribution in [-0.4, -0.2) is 31.7 Å². The SMILES string of the molecule is CCOC(=O)C1=C(CNCCc2ccccc2)NC(=O)N[C@@H]1c1ccc(C)cc1. The smallest absolute Gasteiger partial charge is 0.338 e. The van der Waals surface area contributed by atoms with Gasteiger partial charge >= 0.3 is 12.0 Å². The first-order valence-electron chi connectivity index (χ1n) is 9.87. The standard InChI is InChI=1S/C23H27N3O3/c1-3-29-22(27)20-19(15-24-14-13-17-7-5-4-6-8-17)25-23(28)26-21(20)18-11-9-16(2)10-12-18/h4-12,21,24H,3,13-15H2,1-2H3,(H2,25,26,28)/t21-/m1/s1. The number of urea groups is 1. The fraction of sp³-hybridized carbons (Fsp3) is 0.304. The molecule has 29 heavy (non-hydrogen) atoms. The Labute approximate surface area is 171 Å². The molecule has 2 aromatic carbocycles. The van der Waals surface area contributed by atoms with Crippen LogP contribution >= 0.6 is 0 Å². The van der Waals surface area contributed by atoms with Gasteiger partial charge in [0, 0.05) is 12.2 Å². The Hall–Kier alpha value is -3.12. The molecule has 0 saturated heterocycles. The highest BCUT2D eigenvalue weighted by Crippen LogP contribution is 2.27. The van der Waals surface area contributed by atoms with Gasteiger partial charge in [-0.1, -0.05) is 60.2 Å². The Bertz CT molecular complexity index is 876. The second-order valence-electron chi connectivity index (χ2n) is 6.97. The van der Waals surface area contributed by atoms with Gasteiger partial charge in [-0.05, 0) is 37.9 Å². The predicted molar refractivity (Wildman–Crippen MR) is 112 cm³/mol. The first-order valence-corrected chi connectivity index (χ1v) is 9.87. The zero-order valence-electron chi connectivity index (χ0n) is 16.8. The molecular weight excluding hydrogens is 366 g/mol. The van der Waals surface area contributed by atoms with Crippen molar-refractivity contribution in [1.82, 2.24) is 16.0 Å². The molecule has 1 heterocycles. The maximum absolute atomic E-state index is 12.7. The van der Waals surface area contributed by atoms with Crippen LogP contribution in [0.5, 0.6) is 0 Å². The summed E-state index contributed by atoms with van der Waals surface area (Å²) in [6.45, 7) is 5.13. The molecule has 3 N–H and O–H groups in total. The van der Waals surface area contributed by atoms with Gasteiger partial charge in [-0.2, -0.15) is 0 Å². The van der Waals surface area contributed by atoms with Gasteiger partial charge in [0.2, 0.25) is 0 Å². The van der Waals surface area contributed by atoms with Crippen LogP contribution in [0.4, 0.5) is 4.79 Å². The van der Waals surface area contributed by atoms with E-state index in [1.54, 1.807) is 6.92 Å². The third-order valence-electron chi connectivity index (χ3n) is 4.79. The van der Waals surface area contributed by atoms with Gasteiger partial charge in [0.15, 0.2) is 0 Å². The number of amides is 2. The molecule has 0 unspecified atom stereocenters. The fourth-order valence-electron chi connectivity index (χ4n) is 3.31. The molecule has 1 aliphatic rings. The van der Waals surface area contributed by atoms with Gasteiger partial charge in [-0.3, -0.25) is 0 Å². The zero-order chi connectivity index (χ0) is 20.6. The van der Waals surface area contributed by atoms with Gasteiger partial charge in [-0.25, -0.2) is 9.59 Å². The van der Waals surface area contributed by atoms with Gasteiger partial charge in [0.1, 0.15) is 0 Å². The molecule has 2 amide bonds. The Kier molecular flexibility index (Phi) is 7.03. The average Bonchev–Trinajstić information content (AvgIpc) is 2.72. The van der Waals surface area contributed by atoms with Gasteiger partial charge < -0.3 is 20.7 Å². The largest absolute Gasteiger partial charge is 0.463 e. The molecule has 0 radical (unpaired) electrons. The Morgan fingerprint density at radius 2 is 1.83 bits per heavy atom. The highest BCUT2D eigenvalue weighted by molar-refractivity contribution is 5.95. The minimum absolute atomic E-state index is 0.269. The monoisotopic (exact) mass is 393 g/mol. The van der Waals surface area contributed by atoms with E-state index in [-0.39, 0.29) is 12.6 Å². The molecule has 6 heteroatoms. The number of esters is 1. The lowest BCUT2D eigenvalue weighted by molar-refractivity contribution is -0.139. The molecule has 0 fully saturated rings. The number of aryl methyl sites for hydroxylation is 1. The fourth-order valence-corrected chi connectivity index (χ4v) is 3.31. The molecule has 0 aromatic heterocycles. The highest BCUT2D eigenvalue weighted by atomic mass is 16.5. The molecule has 1 aliphatic heterocycles. The van der Waals surface area contributed by atoms with Crippen LogP contribution in [-0.2, 0) is 16.0 Å². The molecule has 1 atom stereocenters. The van der Waals surface area contributed by atoms with Crippen LogP contribution < -0.4 is 16.0 Å². The summed E-state index contributed by atoms with van der Waals surface area (Å²) in [6, 6.07) is 17.0. The quantitative estimate of drug-likeness (QED) is 0.476. The third-order valence-corrected chi connectivity index (χ3v) is 4.79. The van der Waals surface area contributed by atoms with Crippen molar-refractivity contribution < 1.29 is 14.3 Å². The zero-order valence-corrected chi connectivity index (χ0v) is 16.8. The minimum atomic E-state index is -0.547. The lowest BCUT2D eigenvalue weighted by Gasteiger charge is -2.29. The summed E-state index contributed by atoms with van der Waals surface area (Å²) in [5.74, 6) is -0.426. The number of nitrogens with one attached hydrogen (secondary N) is 3. The molecule has 6 nitrogen and oxygen atoms in total. The average molecular weight is 393 g/mol. The minimum Gasteiger partial charge on any atom is -0.463 e. The summed E-state index contributed by atoms with van der Waals surface area (Å²) in [6.07, 6.45) is 0.858. The van der Waals surface area contributed by atoms with E-state index >= 15 is 0 Å². The maximum atomic E-state index is 12.7. The molecule has 3 rings (SSSR count). The van der Waals surface area contributed by atoms with Crippen molar-refractivity contribution in [2.24, 2.45) is 0 Å². The number of ether oxygens (including phenoxy) is 1. The highest BCUT2D eigenvalue weighted by Gasteiger charge is 2.33. The van der Waals surface area contributed by atoms with Gasteiger partial charge in [0.05, 0.1) is 18.2 Å². The molecule has 0 saturated carbocycles. The first kappa shape index (κ1) is 20.6. The Balaban J connectivity index is 1.79. The van der Waals surface area contributed by atoms with E-state index in [9.17, 15) is 9.59 Å². The van der Waals surface area contributed by atoms with Crippen molar-refractivity contribution in [3.63, 3.8) is 0 Å². The number of benzene rings is 2. The van der Waals surface area contributed by atoms with E-state index in [0.29, 0.717) is 17.8 Å². The molecule has 152 valence electrons. The van der Waals surface area contributed by atoms with E-state index in [1.165, 1.54) is 5.56 Å². The second kappa shape index (κ2) is 9.89. The Morgan fingerprint density at radius 1 is 1.10 bits per heavy atom. The summed E-state index contributed by atoms with van der Waals surface area (Å²) in [5, 5.41) is 8.96. The van der Waals surface area contributed by atoms with Gasteiger partial charge in [0.25, 0.3) is 0 Å². The first-order chi connectivity index (χ1) is 14.1. The number of hydrogen-bond acceptors (Lipinski definition) is 4. The van der Waals surface area contributed by atoms with E-state index in [1.807, 2.05) is 49.4 Å². The van der Waals surface area contributed by atoms with E-state index in [4.69, 9.17) is 4.74 Å². The van der Waals surface area contributed by atoms with Crippen molar-refractivity contribution >= 4 is 12.0 Å². The summed E-state index contributed by atoms with van der Waals surface area (Å²) < 4.78 is 5.28. The summed E-state index contributed by atoms with van der Waals surface area (Å²) in [5.41, 5.74) is 4.16. The molecule has 0 bridgehead atoms. The molecular formula is C23H27N3O3. The summed E-state index contributed by atoms with van der Waals surface area (Å²) in [7, 11) is 0. The van der Waals surface area contributed by atoms with Crippen molar-refractivity contribution in [3.8, 4) is 0 Å². The van der Waals surface area contributed by atoms with Crippen LogP contribution in [0.3, 0.4) is 0 Å². The van der Waals surface area contributed by atoms with Gasteiger partial charge in [-0.15, -0.1) is 0 Å². The van der Waals surface area contributed by atoms with E-state index < -0.39 is 12.0 Å². The number of hydrogen-bond donors (Lipinski definition) is 3. The molecule has 2 aromatic rings. The lowest BCUT2D eigenvalue weighted by atomic mass is 9.94. The predicted octanol–water partition coefficient (Wildman–Crippen LogP) is 3.00. The van der Waals surface area contributed by atoms with Crippen LogP contribution in [0.15, 0.2) is 65.9 Å². The number of carbonyl (C=O) groups is 2. The van der Waals surface area contributed by atoms with Crippen molar-refractivity contribution in [2.75, 3.05) is 19.7 Å². The van der Waals surface area contributed by atoms with Crippen LogP contribution in [0, 0.1) is 6.92 Å². The maximum Gasteiger partial charge on any atom is 0.338 e. The normalized spacial score (nSPS) is 16.2. The second-order valence-corrected chi connectivity index (χ2v) is 6.97. The summed E-state index contributed by atoms with van der Waals surface area (Å²) >= 11 is 0. The number of rotatable bonds is 8. The molecule has 0 aliphatic carbocycles. The van der Waals surface area contributed by atoms with E-state index in [2.05, 4.69) is 28.1 Å². The summed E-state index contributed by atoms with van der Waals surface area (Å²) in [4.78, 5) is 25.0. The Morgan fingerprint density at radius 3 is 2.52 bits per heavy atom. The van der Waals surface area contributed by atoms with Crippen LogP contribution in [0.25, 0.3) is 0 Å². The van der Waals surface area contributed by atoms with Crippen LogP contribution in [0.1, 0.15) is 29.7 Å². The van der Waals surface area contributed by atoms with Crippen molar-refractivity contribution in [3.05, 3.63) is 82.6 Å². The van der Waals surface area contributed by atoms with Crippen molar-refractivity contribution in [2.45, 2.75) is 26.3 Å². The van der Waals surface area contributed by atoms with Crippen molar-refractivity contribution in [1.29, 1.82) is 0 Å². The lowest BCUT2D eigenvalue weighted by Crippen LogP contribution is -2.48. The van der Waals surface area contributed by atoms with E-state index in [0.717, 1.165) is 24.1 Å². The number of carbonyl (C=O) groups excluding carboxylic acids is 2. The third kappa shape index (κ3) is 5.45.